The van der Waals surface area contributed by atoms with Crippen LogP contribution in [-0.2, 0) is 0 Å². The summed E-state index contributed by atoms with van der Waals surface area (Å²) in [7, 11) is 4.04. The van der Waals surface area contributed by atoms with Crippen LogP contribution < -0.4 is 10.4 Å². The average Bonchev–Trinajstić information content (AvgIpc) is 3.39. The molecule has 2 aromatic carbocycles. The lowest BCUT2D eigenvalue weighted by atomic mass is 10.2. The van der Waals surface area contributed by atoms with Crippen LogP contribution in [0.1, 0.15) is 10.1 Å². The molecule has 29 heavy (non-hydrogen) atoms. The summed E-state index contributed by atoms with van der Waals surface area (Å²) >= 11 is 3.97. The number of hydrogen-bond acceptors (Lipinski definition) is 5. The van der Waals surface area contributed by atoms with Crippen LogP contribution in [0.5, 0.6) is 5.75 Å². The van der Waals surface area contributed by atoms with E-state index in [1.807, 2.05) is 80.2 Å². The molecular formula is C22H25N3O2S2. The molecule has 0 N–H and O–H groups in total. The fourth-order valence-electron chi connectivity index (χ4n) is 3.16. The Hall–Kier alpha value is -2.09. The number of aromatic nitrogens is 2. The number of thioether (sulfide) groups is 2. The van der Waals surface area contributed by atoms with Crippen molar-refractivity contribution in [3.8, 4) is 17.1 Å². The lowest BCUT2D eigenvalue weighted by Gasteiger charge is -2.11. The zero-order valence-corrected chi connectivity index (χ0v) is 18.3. The fraction of sp³-hybridized carbons (Fsp3) is 0.318. The van der Waals surface area contributed by atoms with E-state index in [-0.39, 0.29) is 5.69 Å². The maximum Gasteiger partial charge on any atom is 0.337 e. The zero-order chi connectivity index (χ0) is 20.2. The van der Waals surface area contributed by atoms with E-state index in [9.17, 15) is 4.79 Å². The van der Waals surface area contributed by atoms with Crippen LogP contribution in [0, 0.1) is 0 Å². The van der Waals surface area contributed by atoms with Gasteiger partial charge in [-0.25, -0.2) is 4.79 Å². The number of imidazole rings is 1. The van der Waals surface area contributed by atoms with Crippen molar-refractivity contribution < 1.29 is 4.74 Å². The molecule has 2 heterocycles. The Labute approximate surface area is 179 Å². The van der Waals surface area contributed by atoms with Crippen molar-refractivity contribution in [2.45, 2.75) is 4.58 Å². The zero-order valence-electron chi connectivity index (χ0n) is 16.7. The number of ether oxygens (including phenoxy) is 1. The lowest BCUT2D eigenvalue weighted by Crippen LogP contribution is -2.21. The predicted octanol–water partition coefficient (Wildman–Crippen LogP) is 4.05. The van der Waals surface area contributed by atoms with Crippen molar-refractivity contribution in [3.05, 3.63) is 77.0 Å². The van der Waals surface area contributed by atoms with Crippen LogP contribution in [0.15, 0.2) is 65.7 Å². The standard InChI is InChI=1S/C22H25N3O2S2/c1-23(2)13-14-27-20-9-7-19(8-10-20)25-12-11-24(22(25)26)18-5-3-17(4-6-18)21-28-15-16-29-21/h3-12,21H,13-16H2,1-2H3. The van der Waals surface area contributed by atoms with Gasteiger partial charge in [0.2, 0.25) is 0 Å². The number of rotatable bonds is 7. The summed E-state index contributed by atoms with van der Waals surface area (Å²) in [6.07, 6.45) is 3.62. The number of nitrogens with zero attached hydrogens (tertiary/aromatic N) is 3. The van der Waals surface area contributed by atoms with Crippen LogP contribution in [0.4, 0.5) is 0 Å². The van der Waals surface area contributed by atoms with Gasteiger partial charge in [0, 0.05) is 30.4 Å². The van der Waals surface area contributed by atoms with Crippen LogP contribution in [-0.4, -0.2) is 52.8 Å². The minimum absolute atomic E-state index is 0.0800. The number of likely N-dealkylation sites (N-methyl/N-ethyl adjacent to an activating group) is 1. The summed E-state index contributed by atoms with van der Waals surface area (Å²) < 4.78 is 9.58. The van der Waals surface area contributed by atoms with Crippen molar-refractivity contribution in [3.63, 3.8) is 0 Å². The topological polar surface area (TPSA) is 39.4 Å². The van der Waals surface area contributed by atoms with Crippen LogP contribution in [0.3, 0.4) is 0 Å². The van der Waals surface area contributed by atoms with Gasteiger partial charge in [0.1, 0.15) is 12.4 Å². The van der Waals surface area contributed by atoms with E-state index in [2.05, 4.69) is 17.0 Å². The van der Waals surface area contributed by atoms with Gasteiger partial charge in [0.25, 0.3) is 0 Å². The van der Waals surface area contributed by atoms with Crippen molar-refractivity contribution in [2.75, 3.05) is 38.8 Å². The molecule has 0 aliphatic carbocycles. The Balaban J connectivity index is 1.49. The Morgan fingerprint density at radius 2 is 1.48 bits per heavy atom. The second kappa shape index (κ2) is 9.15. The quantitative estimate of drug-likeness (QED) is 0.569. The smallest absolute Gasteiger partial charge is 0.337 e. The van der Waals surface area contributed by atoms with Crippen molar-refractivity contribution >= 4 is 23.5 Å². The molecule has 1 fully saturated rings. The molecule has 0 bridgehead atoms. The Bertz CT molecular complexity index is 988. The first-order valence-corrected chi connectivity index (χ1v) is 11.7. The first-order valence-electron chi connectivity index (χ1n) is 9.63. The largest absolute Gasteiger partial charge is 0.492 e. The average molecular weight is 428 g/mol. The SMILES string of the molecule is CN(C)CCOc1ccc(-n2ccn(-c3ccc(C4SCCS4)cc3)c2=O)cc1. The number of hydrogen-bond donors (Lipinski definition) is 0. The Morgan fingerprint density at radius 1 is 0.931 bits per heavy atom. The highest BCUT2D eigenvalue weighted by atomic mass is 32.2. The highest BCUT2D eigenvalue weighted by Crippen LogP contribution is 2.45. The summed E-state index contributed by atoms with van der Waals surface area (Å²) in [5, 5.41) is 0. The summed E-state index contributed by atoms with van der Waals surface area (Å²) in [5.74, 6) is 3.22. The van der Waals surface area contributed by atoms with Gasteiger partial charge in [-0.15, -0.1) is 23.5 Å². The molecule has 4 rings (SSSR count). The van der Waals surface area contributed by atoms with E-state index in [0.29, 0.717) is 11.2 Å². The lowest BCUT2D eigenvalue weighted by molar-refractivity contribution is 0.261. The van der Waals surface area contributed by atoms with Gasteiger partial charge < -0.3 is 9.64 Å². The van der Waals surface area contributed by atoms with E-state index in [4.69, 9.17) is 4.74 Å². The van der Waals surface area contributed by atoms with Crippen LogP contribution >= 0.6 is 23.5 Å². The van der Waals surface area contributed by atoms with Crippen LogP contribution in [0.2, 0.25) is 0 Å². The van der Waals surface area contributed by atoms with Gasteiger partial charge in [-0.2, -0.15) is 0 Å². The third kappa shape index (κ3) is 4.74. The van der Waals surface area contributed by atoms with Crippen molar-refractivity contribution in [2.24, 2.45) is 0 Å². The fourth-order valence-corrected chi connectivity index (χ4v) is 6.02. The Morgan fingerprint density at radius 3 is 2.03 bits per heavy atom. The minimum Gasteiger partial charge on any atom is -0.492 e. The first kappa shape index (κ1) is 20.2. The molecule has 7 heteroatoms. The Kier molecular flexibility index (Phi) is 6.37. The van der Waals surface area contributed by atoms with Crippen LogP contribution in [0.25, 0.3) is 11.4 Å². The maximum absolute atomic E-state index is 12.9. The van der Waals surface area contributed by atoms with Gasteiger partial charge >= 0.3 is 5.69 Å². The molecule has 0 radical (unpaired) electrons. The van der Waals surface area contributed by atoms with E-state index in [0.717, 1.165) is 23.7 Å². The highest BCUT2D eigenvalue weighted by molar-refractivity contribution is 8.19. The van der Waals surface area contributed by atoms with E-state index >= 15 is 0 Å². The third-order valence-electron chi connectivity index (χ3n) is 4.76. The molecule has 1 aliphatic rings. The molecule has 0 saturated carbocycles. The second-order valence-corrected chi connectivity index (χ2v) is 9.86. The molecule has 0 unspecified atom stereocenters. The van der Waals surface area contributed by atoms with Gasteiger partial charge in [-0.05, 0) is 56.1 Å². The summed E-state index contributed by atoms with van der Waals surface area (Å²) in [5.41, 5.74) is 2.94. The normalized spacial score (nSPS) is 14.6. The summed E-state index contributed by atoms with van der Waals surface area (Å²) in [4.78, 5) is 15.0. The highest BCUT2D eigenvalue weighted by Gasteiger charge is 2.18. The van der Waals surface area contributed by atoms with Crippen molar-refractivity contribution in [1.82, 2.24) is 14.0 Å². The van der Waals surface area contributed by atoms with Gasteiger partial charge in [-0.3, -0.25) is 9.13 Å². The molecule has 0 amide bonds. The minimum atomic E-state index is -0.0800. The van der Waals surface area contributed by atoms with Gasteiger partial charge in [0.05, 0.1) is 16.0 Å². The van der Waals surface area contributed by atoms with E-state index in [1.165, 1.54) is 17.1 Å². The number of benzene rings is 2. The molecule has 1 aliphatic heterocycles. The molecule has 1 saturated heterocycles. The molecular weight excluding hydrogens is 402 g/mol. The first-order chi connectivity index (χ1) is 14.1. The maximum atomic E-state index is 12.9. The van der Waals surface area contributed by atoms with Crippen molar-refractivity contribution in [1.29, 1.82) is 0 Å². The molecule has 3 aromatic rings. The van der Waals surface area contributed by atoms with Gasteiger partial charge in [0.15, 0.2) is 0 Å². The summed E-state index contributed by atoms with van der Waals surface area (Å²) in [6, 6.07) is 16.0. The molecule has 0 spiro atoms. The summed E-state index contributed by atoms with van der Waals surface area (Å²) in [6.45, 7) is 1.50. The predicted molar refractivity (Wildman–Crippen MR) is 123 cm³/mol. The van der Waals surface area contributed by atoms with E-state index in [1.54, 1.807) is 15.3 Å². The van der Waals surface area contributed by atoms with Gasteiger partial charge in [-0.1, -0.05) is 12.1 Å². The molecule has 0 atom stereocenters. The third-order valence-corrected chi connectivity index (χ3v) is 7.87. The second-order valence-electron chi connectivity index (χ2n) is 7.13. The molecule has 1 aromatic heterocycles. The molecule has 5 nitrogen and oxygen atoms in total. The van der Waals surface area contributed by atoms with E-state index < -0.39 is 0 Å². The monoisotopic (exact) mass is 427 g/mol. The molecule has 152 valence electrons.